The first-order chi connectivity index (χ1) is 11.4. The average Bonchev–Trinajstić information content (AvgIpc) is 3.01. The molecule has 3 nitrogen and oxygen atoms in total. The Morgan fingerprint density at radius 3 is 0.792 bits per heavy atom. The van der Waals surface area contributed by atoms with Gasteiger partial charge in [0.25, 0.3) is 0 Å². The van der Waals surface area contributed by atoms with Gasteiger partial charge in [-0.2, -0.15) is 0 Å². The largest absolute Gasteiger partial charge is 0.301 e. The minimum atomic E-state index is 0.769. The van der Waals surface area contributed by atoms with Gasteiger partial charge in [0.2, 0.25) is 0 Å². The lowest BCUT2D eigenvalue weighted by Gasteiger charge is -2.34. The van der Waals surface area contributed by atoms with Crippen LogP contribution in [0.15, 0.2) is 0 Å². The highest BCUT2D eigenvalue weighted by atomic mass is 15.2. The number of hydrogen-bond acceptors (Lipinski definition) is 3. The van der Waals surface area contributed by atoms with E-state index >= 15 is 0 Å². The Morgan fingerprint density at radius 1 is 0.375 bits per heavy atom. The molecule has 3 heteroatoms. The van der Waals surface area contributed by atoms with Crippen molar-refractivity contribution in [3.8, 4) is 0 Å². The Bertz CT molecular complexity index is 285. The third-order valence-electron chi connectivity index (χ3n) is 5.61. The van der Waals surface area contributed by atoms with E-state index in [1.807, 2.05) is 0 Å². The molecule has 0 aromatic carbocycles. The van der Waals surface area contributed by atoms with E-state index in [2.05, 4.69) is 56.2 Å². The number of likely N-dealkylation sites (tertiary alicyclic amines) is 3. The number of piperidine rings is 1. The number of hydrogen-bond donors (Lipinski definition) is 0. The fraction of sp³-hybridized carbons (Fsp3) is 1.00. The van der Waals surface area contributed by atoms with E-state index in [4.69, 9.17) is 0 Å². The van der Waals surface area contributed by atoms with E-state index < -0.39 is 0 Å². The Morgan fingerprint density at radius 2 is 0.625 bits per heavy atom. The van der Waals surface area contributed by atoms with Crippen LogP contribution in [0.2, 0.25) is 0 Å². The molecular formula is C21H45N3. The highest BCUT2D eigenvalue weighted by molar-refractivity contribution is 4.71. The zero-order valence-corrected chi connectivity index (χ0v) is 17.6. The summed E-state index contributed by atoms with van der Waals surface area (Å²) in [6, 6.07) is 2.33. The van der Waals surface area contributed by atoms with Crippen molar-refractivity contribution in [2.75, 3.05) is 39.3 Å². The van der Waals surface area contributed by atoms with E-state index in [0.717, 1.165) is 18.1 Å². The molecule has 0 aromatic rings. The van der Waals surface area contributed by atoms with E-state index in [1.165, 1.54) is 77.8 Å². The Labute approximate surface area is 152 Å². The van der Waals surface area contributed by atoms with Gasteiger partial charge in [0, 0.05) is 18.1 Å². The van der Waals surface area contributed by atoms with Gasteiger partial charge < -0.3 is 14.7 Å². The zero-order valence-electron chi connectivity index (χ0n) is 17.6. The summed E-state index contributed by atoms with van der Waals surface area (Å²) >= 11 is 0. The molecule has 0 bridgehead atoms. The van der Waals surface area contributed by atoms with Gasteiger partial charge in [0.15, 0.2) is 0 Å². The van der Waals surface area contributed by atoms with Crippen LogP contribution in [0.4, 0.5) is 0 Å². The lowest BCUT2D eigenvalue weighted by Crippen LogP contribution is -2.41. The second-order valence-electron chi connectivity index (χ2n) is 8.51. The van der Waals surface area contributed by atoms with Crippen molar-refractivity contribution in [3.63, 3.8) is 0 Å². The van der Waals surface area contributed by atoms with Crippen LogP contribution in [0.1, 0.15) is 80.1 Å². The molecule has 3 rings (SSSR count). The monoisotopic (exact) mass is 339 g/mol. The predicted octanol–water partition coefficient (Wildman–Crippen LogP) is 4.47. The molecule has 144 valence electrons. The first kappa shape index (κ1) is 21.9. The first-order valence-electron chi connectivity index (χ1n) is 10.6. The third kappa shape index (κ3) is 8.82. The maximum Gasteiger partial charge on any atom is 0.00386 e. The van der Waals surface area contributed by atoms with E-state index in [-0.39, 0.29) is 0 Å². The van der Waals surface area contributed by atoms with Gasteiger partial charge in [-0.25, -0.2) is 0 Å². The van der Waals surface area contributed by atoms with Crippen molar-refractivity contribution >= 4 is 0 Å². The lowest BCUT2D eigenvalue weighted by molar-refractivity contribution is 0.138. The van der Waals surface area contributed by atoms with Crippen molar-refractivity contribution in [1.29, 1.82) is 0 Å². The second-order valence-corrected chi connectivity index (χ2v) is 8.51. The minimum Gasteiger partial charge on any atom is -0.301 e. The van der Waals surface area contributed by atoms with Crippen LogP contribution in [0.3, 0.4) is 0 Å². The van der Waals surface area contributed by atoms with E-state index in [0.29, 0.717) is 0 Å². The van der Waals surface area contributed by atoms with Gasteiger partial charge in [0.1, 0.15) is 0 Å². The Hall–Kier alpha value is -0.120. The SMILES string of the molecule is CC(C)N1CCC1.CC(C)N1CCCC1.CC(C)N1CCCCC1. The molecule has 0 atom stereocenters. The topological polar surface area (TPSA) is 9.72 Å². The average molecular weight is 340 g/mol. The molecule has 0 amide bonds. The van der Waals surface area contributed by atoms with Crippen molar-refractivity contribution in [2.45, 2.75) is 98.2 Å². The van der Waals surface area contributed by atoms with Gasteiger partial charge in [-0.15, -0.1) is 0 Å². The van der Waals surface area contributed by atoms with Crippen molar-refractivity contribution in [2.24, 2.45) is 0 Å². The van der Waals surface area contributed by atoms with E-state index in [9.17, 15) is 0 Å². The molecule has 3 saturated heterocycles. The predicted molar refractivity (Wildman–Crippen MR) is 108 cm³/mol. The number of nitrogens with zero attached hydrogens (tertiary/aromatic N) is 3. The summed E-state index contributed by atoms with van der Waals surface area (Å²) in [5.74, 6) is 0. The van der Waals surface area contributed by atoms with E-state index in [1.54, 1.807) is 0 Å². The molecule has 0 unspecified atom stereocenters. The highest BCUT2D eigenvalue weighted by Crippen LogP contribution is 2.11. The highest BCUT2D eigenvalue weighted by Gasteiger charge is 2.15. The molecule has 0 aliphatic carbocycles. The normalized spacial score (nSPS) is 22.9. The summed E-state index contributed by atoms with van der Waals surface area (Å²) in [5.41, 5.74) is 0. The van der Waals surface area contributed by atoms with Crippen LogP contribution in [0.25, 0.3) is 0 Å². The van der Waals surface area contributed by atoms with Gasteiger partial charge in [-0.05, 0) is 113 Å². The summed E-state index contributed by atoms with van der Waals surface area (Å²) in [4.78, 5) is 7.56. The van der Waals surface area contributed by atoms with Crippen LogP contribution in [0.5, 0.6) is 0 Å². The van der Waals surface area contributed by atoms with Crippen molar-refractivity contribution < 1.29 is 0 Å². The van der Waals surface area contributed by atoms with Gasteiger partial charge in [0.05, 0.1) is 0 Å². The molecule has 24 heavy (non-hydrogen) atoms. The van der Waals surface area contributed by atoms with Crippen LogP contribution in [-0.4, -0.2) is 72.1 Å². The lowest BCUT2D eigenvalue weighted by atomic mass is 10.1. The fourth-order valence-electron chi connectivity index (χ4n) is 3.55. The molecule has 0 saturated carbocycles. The zero-order chi connectivity index (χ0) is 17.9. The van der Waals surface area contributed by atoms with Crippen LogP contribution in [-0.2, 0) is 0 Å². The maximum atomic E-state index is 2.56. The summed E-state index contributed by atoms with van der Waals surface area (Å²) in [6.07, 6.45) is 8.52. The van der Waals surface area contributed by atoms with Crippen molar-refractivity contribution in [3.05, 3.63) is 0 Å². The molecule has 3 fully saturated rings. The molecule has 3 aliphatic heterocycles. The third-order valence-corrected chi connectivity index (χ3v) is 5.61. The van der Waals surface area contributed by atoms with Crippen LogP contribution in [0, 0.1) is 0 Å². The minimum absolute atomic E-state index is 0.769. The standard InChI is InChI=1S/C8H17N.C7H15N.C6H13N/c1-8(2)9-6-4-3-5-7-9;1-7(2)8-5-3-4-6-8;1-6(2)7-4-3-5-7/h8H,3-7H2,1-2H3;7H,3-6H2,1-2H3;6H,3-5H2,1-2H3. The smallest absolute Gasteiger partial charge is 0.00386 e. The summed E-state index contributed by atoms with van der Waals surface area (Å²) in [7, 11) is 0. The molecular weight excluding hydrogens is 294 g/mol. The summed E-state index contributed by atoms with van der Waals surface area (Å²) in [5, 5.41) is 0. The molecule has 0 N–H and O–H groups in total. The fourth-order valence-corrected chi connectivity index (χ4v) is 3.55. The van der Waals surface area contributed by atoms with Gasteiger partial charge >= 0.3 is 0 Å². The Balaban J connectivity index is 0.000000181. The molecule has 0 aromatic heterocycles. The molecule has 3 aliphatic rings. The first-order valence-corrected chi connectivity index (χ1v) is 10.6. The Kier molecular flexibility index (Phi) is 11.2. The molecule has 3 heterocycles. The summed E-state index contributed by atoms with van der Waals surface area (Å²) in [6.45, 7) is 21.6. The van der Waals surface area contributed by atoms with Crippen LogP contribution < -0.4 is 0 Å². The van der Waals surface area contributed by atoms with Crippen LogP contribution >= 0.6 is 0 Å². The maximum absolute atomic E-state index is 2.56. The van der Waals surface area contributed by atoms with Gasteiger partial charge in [-0.3, -0.25) is 0 Å². The molecule has 0 radical (unpaired) electrons. The number of rotatable bonds is 3. The summed E-state index contributed by atoms with van der Waals surface area (Å²) < 4.78 is 0. The second kappa shape index (κ2) is 12.3. The molecule has 0 spiro atoms. The quantitative estimate of drug-likeness (QED) is 0.751. The van der Waals surface area contributed by atoms with Gasteiger partial charge in [-0.1, -0.05) is 6.42 Å². The van der Waals surface area contributed by atoms with Crippen molar-refractivity contribution in [1.82, 2.24) is 14.7 Å².